The predicted molar refractivity (Wildman–Crippen MR) is 146 cm³/mol. The van der Waals surface area contributed by atoms with E-state index in [-0.39, 0.29) is 41.6 Å². The number of fused-ring (bicyclic) bond motifs is 2. The van der Waals surface area contributed by atoms with Crippen LogP contribution < -0.4 is 5.43 Å². The SMILES string of the molecule is C=C(C)C(=O)OCCCC(=O)OCC(O)(C(=O)c1ccccc1)c1ccc2sc3ccccc3c(=O)c2c1. The molecule has 0 bridgehead atoms. The lowest BCUT2D eigenvalue weighted by Crippen LogP contribution is -2.41. The van der Waals surface area contributed by atoms with E-state index < -0.39 is 29.9 Å². The van der Waals surface area contributed by atoms with Crippen molar-refractivity contribution in [1.82, 2.24) is 0 Å². The third-order valence-corrected chi connectivity index (χ3v) is 7.17. The van der Waals surface area contributed by atoms with Crippen LogP contribution in [0.2, 0.25) is 0 Å². The van der Waals surface area contributed by atoms with E-state index in [1.807, 2.05) is 12.1 Å². The first-order valence-electron chi connectivity index (χ1n) is 12.0. The minimum atomic E-state index is -2.24. The summed E-state index contributed by atoms with van der Waals surface area (Å²) in [6.07, 6.45) is 0.113. The van der Waals surface area contributed by atoms with E-state index >= 15 is 0 Å². The zero-order chi connectivity index (χ0) is 27.3. The number of carbonyl (C=O) groups excluding carboxylic acids is 3. The van der Waals surface area contributed by atoms with Gasteiger partial charge in [0.25, 0.3) is 0 Å². The molecule has 1 atom stereocenters. The lowest BCUT2D eigenvalue weighted by molar-refractivity contribution is -0.150. The van der Waals surface area contributed by atoms with E-state index in [0.717, 1.165) is 4.70 Å². The number of esters is 2. The fourth-order valence-electron chi connectivity index (χ4n) is 3.93. The number of rotatable bonds is 10. The maximum Gasteiger partial charge on any atom is 0.333 e. The molecule has 0 fully saturated rings. The molecule has 1 unspecified atom stereocenters. The zero-order valence-electron chi connectivity index (χ0n) is 20.8. The Bertz CT molecular complexity index is 1590. The van der Waals surface area contributed by atoms with Gasteiger partial charge in [-0.2, -0.15) is 0 Å². The Morgan fingerprint density at radius 2 is 1.61 bits per heavy atom. The quantitative estimate of drug-likeness (QED) is 0.102. The molecule has 0 aliphatic rings. The van der Waals surface area contributed by atoms with Crippen molar-refractivity contribution in [1.29, 1.82) is 0 Å². The standard InChI is InChI=1S/C30H26O7S/c1-19(2)29(34)36-16-8-13-26(31)37-18-30(35,28(33)20-9-4-3-5-10-20)21-14-15-25-23(17-21)27(32)22-11-6-7-12-24(22)38-25/h3-7,9-12,14-15,17,35H,1,8,13,16,18H2,2H3. The summed E-state index contributed by atoms with van der Waals surface area (Å²) < 4.78 is 11.8. The van der Waals surface area contributed by atoms with Crippen LogP contribution in [-0.2, 0) is 24.7 Å². The summed E-state index contributed by atoms with van der Waals surface area (Å²) in [6, 6.07) is 20.2. The molecular formula is C30H26O7S. The summed E-state index contributed by atoms with van der Waals surface area (Å²) in [4.78, 5) is 50.6. The number of hydrogen-bond donors (Lipinski definition) is 1. The largest absolute Gasteiger partial charge is 0.462 e. The van der Waals surface area contributed by atoms with Gasteiger partial charge in [-0.3, -0.25) is 14.4 Å². The van der Waals surface area contributed by atoms with Crippen molar-refractivity contribution in [2.45, 2.75) is 25.4 Å². The van der Waals surface area contributed by atoms with Gasteiger partial charge < -0.3 is 14.6 Å². The molecule has 4 rings (SSSR count). The van der Waals surface area contributed by atoms with Crippen LogP contribution in [0, 0.1) is 0 Å². The lowest BCUT2D eigenvalue weighted by Gasteiger charge is -2.27. The Kier molecular flexibility index (Phi) is 8.14. The average molecular weight is 531 g/mol. The molecule has 0 amide bonds. The molecule has 194 valence electrons. The molecule has 1 N–H and O–H groups in total. The Morgan fingerprint density at radius 1 is 0.921 bits per heavy atom. The molecule has 0 aliphatic carbocycles. The van der Waals surface area contributed by atoms with E-state index in [4.69, 9.17) is 9.47 Å². The Labute approximate surface area is 222 Å². The second-order valence-electron chi connectivity index (χ2n) is 8.87. The number of hydrogen-bond acceptors (Lipinski definition) is 8. The van der Waals surface area contributed by atoms with Crippen LogP contribution in [0.15, 0.2) is 89.7 Å². The second-order valence-corrected chi connectivity index (χ2v) is 9.96. The smallest absolute Gasteiger partial charge is 0.333 e. The summed E-state index contributed by atoms with van der Waals surface area (Å²) in [5.74, 6) is -1.89. The molecule has 1 aromatic heterocycles. The number of carbonyl (C=O) groups is 3. The highest BCUT2D eigenvalue weighted by Gasteiger charge is 2.40. The number of ether oxygens (including phenoxy) is 2. The number of Topliss-reactive ketones (excluding diaryl/α,β-unsaturated/α-hetero) is 1. The van der Waals surface area contributed by atoms with Crippen LogP contribution in [0.3, 0.4) is 0 Å². The third kappa shape index (κ3) is 5.72. The first-order chi connectivity index (χ1) is 18.2. The molecule has 0 radical (unpaired) electrons. The van der Waals surface area contributed by atoms with Crippen molar-refractivity contribution < 1.29 is 29.0 Å². The lowest BCUT2D eigenvalue weighted by atomic mass is 9.86. The molecule has 4 aromatic rings. The molecule has 0 saturated carbocycles. The van der Waals surface area contributed by atoms with Gasteiger partial charge in [0.2, 0.25) is 5.78 Å². The van der Waals surface area contributed by atoms with Gasteiger partial charge in [-0.25, -0.2) is 4.79 Å². The summed E-state index contributed by atoms with van der Waals surface area (Å²) in [6.45, 7) is 4.36. The van der Waals surface area contributed by atoms with Crippen LogP contribution in [0.4, 0.5) is 0 Å². The summed E-state index contributed by atoms with van der Waals surface area (Å²) >= 11 is 1.43. The highest BCUT2D eigenvalue weighted by Crippen LogP contribution is 2.31. The fourth-order valence-corrected chi connectivity index (χ4v) is 4.98. The number of aliphatic hydroxyl groups is 1. The molecule has 0 aliphatic heterocycles. The monoisotopic (exact) mass is 530 g/mol. The van der Waals surface area contributed by atoms with Crippen LogP contribution in [-0.4, -0.2) is 36.0 Å². The van der Waals surface area contributed by atoms with Crippen molar-refractivity contribution in [3.8, 4) is 0 Å². The van der Waals surface area contributed by atoms with Crippen LogP contribution in [0.5, 0.6) is 0 Å². The van der Waals surface area contributed by atoms with Crippen molar-refractivity contribution in [3.05, 3.63) is 106 Å². The van der Waals surface area contributed by atoms with Crippen LogP contribution in [0.25, 0.3) is 20.2 Å². The maximum absolute atomic E-state index is 13.5. The Balaban J connectivity index is 1.62. The fraction of sp³-hybridized carbons (Fsp3) is 0.200. The molecule has 0 saturated heterocycles. The first kappa shape index (κ1) is 26.9. The van der Waals surface area contributed by atoms with Gasteiger partial charge in [0.05, 0.1) is 6.61 Å². The van der Waals surface area contributed by atoms with E-state index in [9.17, 15) is 24.3 Å². The molecular weight excluding hydrogens is 504 g/mol. The topological polar surface area (TPSA) is 107 Å². The minimum absolute atomic E-state index is 0.0000810. The molecule has 1 heterocycles. The Morgan fingerprint density at radius 3 is 2.34 bits per heavy atom. The molecule has 3 aromatic carbocycles. The van der Waals surface area contributed by atoms with Gasteiger partial charge in [-0.05, 0) is 43.2 Å². The molecule has 38 heavy (non-hydrogen) atoms. The molecule has 8 heteroatoms. The third-order valence-electron chi connectivity index (χ3n) is 6.01. The normalized spacial score (nSPS) is 12.6. The van der Waals surface area contributed by atoms with Gasteiger partial charge in [0.15, 0.2) is 11.0 Å². The molecule has 0 spiro atoms. The van der Waals surface area contributed by atoms with Crippen LogP contribution >= 0.6 is 11.3 Å². The summed E-state index contributed by atoms with van der Waals surface area (Å²) in [5, 5.41) is 12.6. The van der Waals surface area contributed by atoms with E-state index in [0.29, 0.717) is 15.5 Å². The van der Waals surface area contributed by atoms with Gasteiger partial charge >= 0.3 is 11.9 Å². The van der Waals surface area contributed by atoms with Crippen molar-refractivity contribution in [3.63, 3.8) is 0 Å². The predicted octanol–water partition coefficient (Wildman–Crippen LogP) is 4.93. The molecule has 7 nitrogen and oxygen atoms in total. The van der Waals surface area contributed by atoms with E-state index in [2.05, 4.69) is 6.58 Å². The summed E-state index contributed by atoms with van der Waals surface area (Å²) in [5.41, 5.74) is -1.84. The van der Waals surface area contributed by atoms with Gasteiger partial charge in [0, 0.05) is 37.7 Å². The minimum Gasteiger partial charge on any atom is -0.462 e. The first-order valence-corrected chi connectivity index (χ1v) is 12.8. The van der Waals surface area contributed by atoms with Crippen LogP contribution in [0.1, 0.15) is 35.7 Å². The van der Waals surface area contributed by atoms with Crippen molar-refractivity contribution in [2.75, 3.05) is 13.2 Å². The maximum atomic E-state index is 13.5. The highest BCUT2D eigenvalue weighted by atomic mass is 32.1. The van der Waals surface area contributed by atoms with Gasteiger partial charge in [0.1, 0.15) is 6.61 Å². The van der Waals surface area contributed by atoms with E-state index in [1.165, 1.54) is 24.3 Å². The van der Waals surface area contributed by atoms with E-state index in [1.54, 1.807) is 54.6 Å². The highest BCUT2D eigenvalue weighted by molar-refractivity contribution is 7.24. The average Bonchev–Trinajstić information content (AvgIpc) is 2.94. The number of ketones is 1. The summed E-state index contributed by atoms with van der Waals surface area (Å²) in [7, 11) is 0. The second kappa shape index (κ2) is 11.5. The van der Waals surface area contributed by atoms with Crippen molar-refractivity contribution in [2.24, 2.45) is 0 Å². The van der Waals surface area contributed by atoms with Gasteiger partial charge in [-0.1, -0.05) is 55.1 Å². The Hall–Kier alpha value is -4.14. The van der Waals surface area contributed by atoms with Crippen molar-refractivity contribution >= 4 is 49.2 Å². The van der Waals surface area contributed by atoms with Gasteiger partial charge in [-0.15, -0.1) is 11.3 Å². The zero-order valence-corrected chi connectivity index (χ0v) is 21.6. The number of benzene rings is 3.